The molecule has 0 aliphatic rings. The maximum Gasteiger partial charge on any atom is 0.220 e. The Bertz CT molecular complexity index is 896. The van der Waals surface area contributed by atoms with E-state index in [-0.39, 0.29) is 35.6 Å². The Kier molecular flexibility index (Phi) is 10.3. The van der Waals surface area contributed by atoms with E-state index in [0.29, 0.717) is 19.4 Å². The molecule has 0 fully saturated rings. The summed E-state index contributed by atoms with van der Waals surface area (Å²) in [5.41, 5.74) is 2.10. The predicted octanol–water partition coefficient (Wildman–Crippen LogP) is 5.15. The molecule has 172 valence electrons. The monoisotopic (exact) mass is 438 g/mol. The van der Waals surface area contributed by atoms with Gasteiger partial charge in [-0.2, -0.15) is 0 Å². The van der Waals surface area contributed by atoms with Gasteiger partial charge in [0.05, 0.1) is 5.56 Å². The maximum atomic E-state index is 14.3. The average molecular weight is 439 g/mol. The van der Waals surface area contributed by atoms with Crippen LogP contribution >= 0.6 is 0 Å². The number of halogens is 1. The van der Waals surface area contributed by atoms with Crippen molar-refractivity contribution < 1.29 is 14.0 Å². The number of benzene rings is 2. The van der Waals surface area contributed by atoms with E-state index in [1.54, 1.807) is 19.1 Å². The van der Waals surface area contributed by atoms with Crippen LogP contribution in [-0.4, -0.2) is 43.3 Å². The molecule has 0 heterocycles. The zero-order valence-electron chi connectivity index (χ0n) is 19.4. The Morgan fingerprint density at radius 3 is 2.47 bits per heavy atom. The smallest absolute Gasteiger partial charge is 0.220 e. The topological polar surface area (TPSA) is 49.4 Å². The third kappa shape index (κ3) is 7.72. The van der Waals surface area contributed by atoms with Gasteiger partial charge in [0.2, 0.25) is 5.91 Å². The number of nitrogens with one attached hydrogen (secondary N) is 1. The van der Waals surface area contributed by atoms with Crippen LogP contribution in [0.2, 0.25) is 0 Å². The molecule has 2 rings (SSSR count). The number of ketones is 1. The highest BCUT2D eigenvalue weighted by Crippen LogP contribution is 2.25. The van der Waals surface area contributed by atoms with Crippen LogP contribution in [0.3, 0.4) is 0 Å². The highest BCUT2D eigenvalue weighted by molar-refractivity contribution is 5.96. The summed E-state index contributed by atoms with van der Waals surface area (Å²) in [6.45, 7) is 5.99. The third-order valence-electron chi connectivity index (χ3n) is 5.81. The largest absolute Gasteiger partial charge is 0.355 e. The van der Waals surface area contributed by atoms with Gasteiger partial charge in [0.1, 0.15) is 5.82 Å². The van der Waals surface area contributed by atoms with E-state index >= 15 is 0 Å². The van der Waals surface area contributed by atoms with Crippen molar-refractivity contribution in [2.45, 2.75) is 51.0 Å². The number of hydrogen-bond donors (Lipinski definition) is 1. The lowest BCUT2D eigenvalue weighted by Gasteiger charge is -2.25. The molecule has 0 saturated carbocycles. The van der Waals surface area contributed by atoms with Crippen molar-refractivity contribution in [1.29, 1.82) is 0 Å². The van der Waals surface area contributed by atoms with E-state index in [2.05, 4.69) is 24.0 Å². The van der Waals surface area contributed by atoms with E-state index in [1.807, 2.05) is 43.3 Å². The summed E-state index contributed by atoms with van der Waals surface area (Å²) in [7, 11) is 3.89. The lowest BCUT2D eigenvalue weighted by Crippen LogP contribution is -2.42. The van der Waals surface area contributed by atoms with E-state index < -0.39 is 5.82 Å². The zero-order chi connectivity index (χ0) is 23.5. The molecule has 1 amide bonds. The summed E-state index contributed by atoms with van der Waals surface area (Å²) >= 11 is 0. The van der Waals surface area contributed by atoms with Crippen molar-refractivity contribution in [3.05, 3.63) is 83.7 Å². The fourth-order valence-corrected chi connectivity index (χ4v) is 3.77. The molecule has 5 heteroatoms. The van der Waals surface area contributed by atoms with Gasteiger partial charge in [-0.25, -0.2) is 4.39 Å². The van der Waals surface area contributed by atoms with Gasteiger partial charge in [0.25, 0.3) is 0 Å². The summed E-state index contributed by atoms with van der Waals surface area (Å²) in [5, 5.41) is 3.06. The minimum absolute atomic E-state index is 0.00448. The van der Waals surface area contributed by atoms with Crippen molar-refractivity contribution >= 4 is 11.7 Å². The van der Waals surface area contributed by atoms with Gasteiger partial charge in [0.15, 0.2) is 5.78 Å². The van der Waals surface area contributed by atoms with E-state index in [9.17, 15) is 14.0 Å². The first-order chi connectivity index (χ1) is 15.3. The Hall–Kier alpha value is -2.79. The fourth-order valence-electron chi connectivity index (χ4n) is 3.77. The van der Waals surface area contributed by atoms with Crippen LogP contribution in [0, 0.1) is 5.82 Å². The van der Waals surface area contributed by atoms with Gasteiger partial charge in [-0.1, -0.05) is 49.4 Å². The summed E-state index contributed by atoms with van der Waals surface area (Å²) in [6, 6.07) is 14.9. The van der Waals surface area contributed by atoms with Gasteiger partial charge in [-0.3, -0.25) is 9.59 Å². The van der Waals surface area contributed by atoms with Crippen LogP contribution < -0.4 is 5.32 Å². The second kappa shape index (κ2) is 12.9. The SMILES string of the molecule is C=CCC[C@H](CC(=O)NC[C@H](Cc1ccc(C(=O)CC)c(F)c1)N(C)C)c1ccccc1. The van der Waals surface area contributed by atoms with Crippen LogP contribution in [0.1, 0.15) is 60.0 Å². The Balaban J connectivity index is 1.99. The van der Waals surface area contributed by atoms with Gasteiger partial charge in [-0.05, 0) is 62.5 Å². The minimum atomic E-state index is -0.483. The molecule has 4 nitrogen and oxygen atoms in total. The lowest BCUT2D eigenvalue weighted by molar-refractivity contribution is -0.121. The molecule has 0 bridgehead atoms. The average Bonchev–Trinajstić information content (AvgIpc) is 2.79. The van der Waals surface area contributed by atoms with Crippen LogP contribution in [-0.2, 0) is 11.2 Å². The van der Waals surface area contributed by atoms with Crippen LogP contribution in [0.5, 0.6) is 0 Å². The van der Waals surface area contributed by atoms with Crippen molar-refractivity contribution in [2.75, 3.05) is 20.6 Å². The molecule has 0 aliphatic heterocycles. The standard InChI is InChI=1S/C27H35FN2O2/c1-5-7-11-22(21-12-9-8-10-13-21)18-27(32)29-19-23(30(3)4)16-20-14-15-24(25(28)17-20)26(31)6-2/h5,8-10,12-15,17,22-23H,1,6-7,11,16,18-19H2,2-4H3,(H,29,32)/t22-,23+/m1/s1. The molecule has 2 atom stereocenters. The number of hydrogen-bond acceptors (Lipinski definition) is 3. The van der Waals surface area contributed by atoms with Crippen molar-refractivity contribution in [2.24, 2.45) is 0 Å². The Morgan fingerprint density at radius 2 is 1.88 bits per heavy atom. The first-order valence-electron chi connectivity index (χ1n) is 11.3. The summed E-state index contributed by atoms with van der Waals surface area (Å²) in [6.07, 6.45) is 4.88. The van der Waals surface area contributed by atoms with Gasteiger partial charge < -0.3 is 10.2 Å². The normalized spacial score (nSPS) is 12.9. The highest BCUT2D eigenvalue weighted by Gasteiger charge is 2.19. The van der Waals surface area contributed by atoms with E-state index in [1.165, 1.54) is 6.07 Å². The number of carbonyl (C=O) groups is 2. The number of carbonyl (C=O) groups excluding carboxylic acids is 2. The van der Waals surface area contributed by atoms with Crippen molar-refractivity contribution in [1.82, 2.24) is 10.2 Å². The summed E-state index contributed by atoms with van der Waals surface area (Å²) < 4.78 is 14.3. The maximum absolute atomic E-state index is 14.3. The minimum Gasteiger partial charge on any atom is -0.355 e. The Morgan fingerprint density at radius 1 is 1.16 bits per heavy atom. The molecule has 2 aromatic rings. The molecule has 32 heavy (non-hydrogen) atoms. The Labute approximate surface area is 191 Å². The number of amides is 1. The first kappa shape index (κ1) is 25.5. The third-order valence-corrected chi connectivity index (χ3v) is 5.81. The van der Waals surface area contributed by atoms with E-state index in [4.69, 9.17) is 0 Å². The second-order valence-electron chi connectivity index (χ2n) is 8.39. The molecule has 2 aromatic carbocycles. The number of Topliss-reactive ketones (excluding diaryl/α,β-unsaturated/α-hetero) is 1. The lowest BCUT2D eigenvalue weighted by atomic mass is 9.91. The molecule has 0 aromatic heterocycles. The number of likely N-dealkylation sites (N-methyl/N-ethyl adjacent to an activating group) is 1. The summed E-state index contributed by atoms with van der Waals surface area (Å²) in [4.78, 5) is 26.6. The molecule has 0 aliphatic carbocycles. The molecule has 0 unspecified atom stereocenters. The predicted molar refractivity (Wildman–Crippen MR) is 128 cm³/mol. The molecular weight excluding hydrogens is 403 g/mol. The molecule has 0 radical (unpaired) electrons. The van der Waals surface area contributed by atoms with Gasteiger partial charge in [-0.15, -0.1) is 6.58 Å². The van der Waals surface area contributed by atoms with Crippen LogP contribution in [0.15, 0.2) is 61.2 Å². The highest BCUT2D eigenvalue weighted by atomic mass is 19.1. The van der Waals surface area contributed by atoms with E-state index in [0.717, 1.165) is 24.0 Å². The zero-order valence-corrected chi connectivity index (χ0v) is 19.4. The fraction of sp³-hybridized carbons (Fsp3) is 0.407. The number of rotatable bonds is 13. The quantitative estimate of drug-likeness (QED) is 0.348. The van der Waals surface area contributed by atoms with Crippen LogP contribution in [0.25, 0.3) is 0 Å². The molecule has 0 spiro atoms. The molecular formula is C27H35FN2O2. The summed E-state index contributed by atoms with van der Waals surface area (Å²) in [5.74, 6) is -0.534. The number of allylic oxidation sites excluding steroid dienone is 1. The van der Waals surface area contributed by atoms with Gasteiger partial charge in [0, 0.05) is 25.4 Å². The molecule has 1 N–H and O–H groups in total. The molecule has 0 saturated heterocycles. The van der Waals surface area contributed by atoms with Crippen LogP contribution in [0.4, 0.5) is 4.39 Å². The van der Waals surface area contributed by atoms with Crippen molar-refractivity contribution in [3.8, 4) is 0 Å². The first-order valence-corrected chi connectivity index (χ1v) is 11.3. The van der Waals surface area contributed by atoms with Gasteiger partial charge >= 0.3 is 0 Å². The second-order valence-corrected chi connectivity index (χ2v) is 8.39. The number of nitrogens with zero attached hydrogens (tertiary/aromatic N) is 1. The van der Waals surface area contributed by atoms with Crippen molar-refractivity contribution in [3.63, 3.8) is 0 Å².